The fourth-order valence-corrected chi connectivity index (χ4v) is 2.50. The van der Waals surface area contributed by atoms with E-state index in [-0.39, 0.29) is 6.10 Å². The van der Waals surface area contributed by atoms with Crippen LogP contribution in [0.15, 0.2) is 22.7 Å². The fourth-order valence-electron chi connectivity index (χ4n) is 2.16. The topological polar surface area (TPSA) is 38.7 Å². The molecule has 0 saturated heterocycles. The van der Waals surface area contributed by atoms with Gasteiger partial charge in [0.25, 0.3) is 0 Å². The lowest BCUT2D eigenvalue weighted by atomic mass is 9.86. The summed E-state index contributed by atoms with van der Waals surface area (Å²) < 4.78 is 12.3. The van der Waals surface area contributed by atoms with Gasteiger partial charge in [-0.15, -0.1) is 0 Å². The molecule has 1 aromatic carbocycles. The minimum absolute atomic E-state index is 0.0794. The maximum Gasteiger partial charge on any atom is 0.135 e. The lowest BCUT2D eigenvalue weighted by molar-refractivity contribution is -0.0919. The van der Waals surface area contributed by atoms with Crippen LogP contribution >= 0.6 is 15.9 Å². The number of methoxy groups -OCH3 is 1. The van der Waals surface area contributed by atoms with E-state index in [0.717, 1.165) is 15.8 Å². The average molecular weight is 301 g/mol. The predicted molar refractivity (Wildman–Crippen MR) is 69.2 cm³/mol. The van der Waals surface area contributed by atoms with E-state index >= 15 is 0 Å². The van der Waals surface area contributed by atoms with E-state index in [2.05, 4.69) is 15.9 Å². The molecule has 3 atom stereocenters. The largest absolute Gasteiger partial charge is 0.484 e. The summed E-state index contributed by atoms with van der Waals surface area (Å²) in [7, 11) is 1.65. The highest BCUT2D eigenvalue weighted by molar-refractivity contribution is 9.10. The van der Waals surface area contributed by atoms with Crippen molar-refractivity contribution in [3.8, 4) is 5.75 Å². The van der Waals surface area contributed by atoms with Crippen LogP contribution in [0.3, 0.4) is 0 Å². The van der Waals surface area contributed by atoms with Gasteiger partial charge in [0, 0.05) is 23.6 Å². The zero-order chi connectivity index (χ0) is 12.6. The molecule has 1 aliphatic rings. The molecule has 0 radical (unpaired) electrons. The summed E-state index contributed by atoms with van der Waals surface area (Å²) in [6, 6.07) is 5.69. The van der Waals surface area contributed by atoms with Crippen LogP contribution in [0.2, 0.25) is 0 Å². The van der Waals surface area contributed by atoms with Gasteiger partial charge in [0.05, 0.1) is 12.2 Å². The second-order valence-corrected chi connectivity index (χ2v) is 5.61. The fraction of sp³-hybridized carbons (Fsp3) is 0.538. The Bertz CT molecular complexity index is 421. The lowest BCUT2D eigenvalue weighted by Crippen LogP contribution is -2.47. The molecule has 1 aromatic rings. The second kappa shape index (κ2) is 4.59. The molecule has 3 nitrogen and oxygen atoms in total. The summed E-state index contributed by atoms with van der Waals surface area (Å²) in [5, 5.41) is 10.2. The van der Waals surface area contributed by atoms with E-state index in [1.54, 1.807) is 7.11 Å². The molecule has 0 aromatic heterocycles. The summed E-state index contributed by atoms with van der Waals surface area (Å²) in [4.78, 5) is 0. The molecule has 0 fully saturated rings. The molecule has 2 rings (SSSR count). The number of fused-ring (bicyclic) bond motifs is 1. The van der Waals surface area contributed by atoms with Gasteiger partial charge in [0.2, 0.25) is 0 Å². The van der Waals surface area contributed by atoms with Crippen molar-refractivity contribution >= 4 is 15.9 Å². The molecule has 17 heavy (non-hydrogen) atoms. The van der Waals surface area contributed by atoms with Crippen LogP contribution in [0.25, 0.3) is 0 Å². The standard InChI is InChI=1S/C13H17BrO3/c1-8(16-3)13(2)7-11(15)10-5-4-9(14)6-12(10)17-13/h4-6,8,11,15H,7H2,1-3H3/t8?,11-,13?/m1/s1. The molecule has 2 unspecified atom stereocenters. The quantitative estimate of drug-likeness (QED) is 0.912. The molecule has 0 bridgehead atoms. The number of aliphatic hydroxyl groups excluding tert-OH is 1. The third-order valence-corrected chi connectivity index (χ3v) is 3.98. The first kappa shape index (κ1) is 12.9. The van der Waals surface area contributed by atoms with E-state index < -0.39 is 11.7 Å². The minimum Gasteiger partial charge on any atom is -0.484 e. The Kier molecular flexibility index (Phi) is 3.48. The maximum atomic E-state index is 10.2. The Balaban J connectivity index is 2.37. The first-order valence-corrected chi connectivity index (χ1v) is 6.45. The van der Waals surface area contributed by atoms with Gasteiger partial charge in [-0.3, -0.25) is 0 Å². The Labute approximate surface area is 110 Å². The summed E-state index contributed by atoms with van der Waals surface area (Å²) >= 11 is 3.41. The monoisotopic (exact) mass is 300 g/mol. The summed E-state index contributed by atoms with van der Waals surface area (Å²) in [5.74, 6) is 0.726. The number of halogens is 1. The number of ether oxygens (including phenoxy) is 2. The highest BCUT2D eigenvalue weighted by atomic mass is 79.9. The first-order chi connectivity index (χ1) is 7.96. The molecule has 0 aliphatic carbocycles. The number of benzene rings is 1. The van der Waals surface area contributed by atoms with Crippen LogP contribution in [0.1, 0.15) is 31.9 Å². The van der Waals surface area contributed by atoms with Crippen molar-refractivity contribution in [1.82, 2.24) is 0 Å². The van der Waals surface area contributed by atoms with Crippen molar-refractivity contribution < 1.29 is 14.6 Å². The van der Waals surface area contributed by atoms with Gasteiger partial charge < -0.3 is 14.6 Å². The second-order valence-electron chi connectivity index (χ2n) is 4.69. The van der Waals surface area contributed by atoms with E-state index in [0.29, 0.717) is 6.42 Å². The smallest absolute Gasteiger partial charge is 0.135 e. The van der Waals surface area contributed by atoms with Crippen LogP contribution in [0, 0.1) is 0 Å². The van der Waals surface area contributed by atoms with Gasteiger partial charge in [-0.25, -0.2) is 0 Å². The third-order valence-electron chi connectivity index (χ3n) is 3.49. The average Bonchev–Trinajstić information content (AvgIpc) is 2.26. The zero-order valence-electron chi connectivity index (χ0n) is 10.2. The first-order valence-electron chi connectivity index (χ1n) is 5.65. The zero-order valence-corrected chi connectivity index (χ0v) is 11.8. The SMILES string of the molecule is COC(C)C1(C)C[C@@H](O)c2ccc(Br)cc2O1. The molecule has 1 heterocycles. The number of aliphatic hydroxyl groups is 1. The van der Waals surface area contributed by atoms with Crippen molar-refractivity contribution in [2.75, 3.05) is 7.11 Å². The third kappa shape index (κ3) is 2.34. The normalized spacial score (nSPS) is 29.4. The van der Waals surface area contributed by atoms with Gasteiger partial charge in [-0.2, -0.15) is 0 Å². The number of hydrogen-bond donors (Lipinski definition) is 1. The molecule has 1 N–H and O–H groups in total. The van der Waals surface area contributed by atoms with Crippen molar-refractivity contribution in [2.24, 2.45) is 0 Å². The van der Waals surface area contributed by atoms with E-state index in [4.69, 9.17) is 9.47 Å². The Hall–Kier alpha value is -0.580. The molecule has 94 valence electrons. The number of hydrogen-bond acceptors (Lipinski definition) is 3. The van der Waals surface area contributed by atoms with E-state index in [1.165, 1.54) is 0 Å². The van der Waals surface area contributed by atoms with E-state index in [1.807, 2.05) is 32.0 Å². The van der Waals surface area contributed by atoms with Crippen molar-refractivity contribution in [2.45, 2.75) is 38.1 Å². The van der Waals surface area contributed by atoms with Gasteiger partial charge in [-0.1, -0.05) is 22.0 Å². The molecule has 0 amide bonds. The molecule has 0 saturated carbocycles. The maximum absolute atomic E-state index is 10.2. The molecular formula is C13H17BrO3. The lowest BCUT2D eigenvalue weighted by Gasteiger charge is -2.41. The van der Waals surface area contributed by atoms with Crippen molar-refractivity contribution in [3.63, 3.8) is 0 Å². The molecular weight excluding hydrogens is 284 g/mol. The predicted octanol–water partition coefficient (Wildman–Crippen LogP) is 3.06. The number of rotatable bonds is 2. The Morgan fingerprint density at radius 2 is 2.29 bits per heavy atom. The minimum atomic E-state index is -0.505. The summed E-state index contributed by atoms with van der Waals surface area (Å²) in [6.45, 7) is 3.92. The highest BCUT2D eigenvalue weighted by Gasteiger charge is 2.41. The van der Waals surface area contributed by atoms with Gasteiger partial charge >= 0.3 is 0 Å². The summed E-state index contributed by atoms with van der Waals surface area (Å²) in [5.41, 5.74) is 0.344. The van der Waals surface area contributed by atoms with E-state index in [9.17, 15) is 5.11 Å². The Morgan fingerprint density at radius 1 is 1.59 bits per heavy atom. The van der Waals surface area contributed by atoms with Gasteiger partial charge in [-0.05, 0) is 26.0 Å². The van der Waals surface area contributed by atoms with Crippen molar-refractivity contribution in [3.05, 3.63) is 28.2 Å². The van der Waals surface area contributed by atoms with Gasteiger partial charge in [0.1, 0.15) is 11.4 Å². The molecule has 0 spiro atoms. The van der Waals surface area contributed by atoms with Gasteiger partial charge in [0.15, 0.2) is 0 Å². The van der Waals surface area contributed by atoms with Crippen LogP contribution in [0.5, 0.6) is 5.75 Å². The molecule has 1 aliphatic heterocycles. The van der Waals surface area contributed by atoms with Crippen LogP contribution in [-0.2, 0) is 4.74 Å². The highest BCUT2D eigenvalue weighted by Crippen LogP contribution is 2.42. The molecule has 4 heteroatoms. The van der Waals surface area contributed by atoms with Crippen LogP contribution in [-0.4, -0.2) is 23.9 Å². The van der Waals surface area contributed by atoms with Crippen molar-refractivity contribution in [1.29, 1.82) is 0 Å². The summed E-state index contributed by atoms with van der Waals surface area (Å²) in [6.07, 6.45) is -0.0462. The van der Waals surface area contributed by atoms with Crippen LogP contribution in [0.4, 0.5) is 0 Å². The Morgan fingerprint density at radius 3 is 2.94 bits per heavy atom. The van der Waals surface area contributed by atoms with Crippen LogP contribution < -0.4 is 4.74 Å².